The highest BCUT2D eigenvalue weighted by Gasteiger charge is 2.31. The number of thioether (sulfide) groups is 1. The average Bonchev–Trinajstić information content (AvgIpc) is 2.65. The molecule has 0 aromatic rings. The summed E-state index contributed by atoms with van der Waals surface area (Å²) in [6.07, 6.45) is 3.26. The van der Waals surface area contributed by atoms with Gasteiger partial charge in [-0.1, -0.05) is 6.92 Å². The second kappa shape index (κ2) is 4.20. The van der Waals surface area contributed by atoms with Crippen molar-refractivity contribution in [2.75, 3.05) is 11.5 Å². The first-order valence-electron chi connectivity index (χ1n) is 5.29. The molecule has 2 fully saturated rings. The SMILES string of the molecule is CC1CSCC1NC1CCCC1O. The smallest absolute Gasteiger partial charge is 0.0693 e. The quantitative estimate of drug-likeness (QED) is 0.705. The van der Waals surface area contributed by atoms with Crippen molar-refractivity contribution in [3.8, 4) is 0 Å². The molecule has 2 aliphatic rings. The first-order chi connectivity index (χ1) is 6.27. The molecule has 1 saturated carbocycles. The van der Waals surface area contributed by atoms with Crippen LogP contribution in [0.3, 0.4) is 0 Å². The van der Waals surface area contributed by atoms with E-state index in [4.69, 9.17) is 0 Å². The van der Waals surface area contributed by atoms with E-state index in [1.807, 2.05) is 11.8 Å². The van der Waals surface area contributed by atoms with E-state index in [0.29, 0.717) is 12.1 Å². The van der Waals surface area contributed by atoms with Gasteiger partial charge in [-0.3, -0.25) is 0 Å². The summed E-state index contributed by atoms with van der Waals surface area (Å²) < 4.78 is 0. The van der Waals surface area contributed by atoms with Crippen LogP contribution < -0.4 is 5.32 Å². The molecule has 0 amide bonds. The Hall–Kier alpha value is 0.270. The van der Waals surface area contributed by atoms with E-state index in [1.54, 1.807) is 0 Å². The summed E-state index contributed by atoms with van der Waals surface area (Å²) in [6, 6.07) is 1.02. The maximum absolute atomic E-state index is 9.67. The van der Waals surface area contributed by atoms with Gasteiger partial charge in [-0.15, -0.1) is 0 Å². The van der Waals surface area contributed by atoms with Crippen LogP contribution in [0.5, 0.6) is 0 Å². The Morgan fingerprint density at radius 1 is 1.23 bits per heavy atom. The topological polar surface area (TPSA) is 32.3 Å². The molecule has 4 atom stereocenters. The molecule has 3 heteroatoms. The molecule has 2 nitrogen and oxygen atoms in total. The Bertz CT molecular complexity index is 158. The lowest BCUT2D eigenvalue weighted by Crippen LogP contribution is -2.45. The minimum absolute atomic E-state index is 0.0854. The van der Waals surface area contributed by atoms with Crippen molar-refractivity contribution in [2.45, 2.75) is 44.4 Å². The van der Waals surface area contributed by atoms with Gasteiger partial charge in [0.25, 0.3) is 0 Å². The van der Waals surface area contributed by atoms with Crippen LogP contribution in [0.4, 0.5) is 0 Å². The number of hydrogen-bond acceptors (Lipinski definition) is 3. The van der Waals surface area contributed by atoms with Gasteiger partial charge < -0.3 is 10.4 Å². The van der Waals surface area contributed by atoms with E-state index >= 15 is 0 Å². The molecule has 2 rings (SSSR count). The predicted octanol–water partition coefficient (Wildman–Crippen LogP) is 1.24. The third-order valence-electron chi connectivity index (χ3n) is 3.27. The lowest BCUT2D eigenvalue weighted by atomic mass is 10.0. The Balaban J connectivity index is 1.82. The second-order valence-electron chi connectivity index (χ2n) is 4.39. The van der Waals surface area contributed by atoms with Crippen LogP contribution in [0.25, 0.3) is 0 Å². The van der Waals surface area contributed by atoms with Crippen molar-refractivity contribution in [3.63, 3.8) is 0 Å². The lowest BCUT2D eigenvalue weighted by molar-refractivity contribution is 0.141. The van der Waals surface area contributed by atoms with E-state index in [0.717, 1.165) is 18.8 Å². The lowest BCUT2D eigenvalue weighted by Gasteiger charge is -2.23. The van der Waals surface area contributed by atoms with E-state index < -0.39 is 0 Å². The molecule has 0 radical (unpaired) electrons. The summed E-state index contributed by atoms with van der Waals surface area (Å²) in [5, 5.41) is 13.3. The van der Waals surface area contributed by atoms with E-state index in [-0.39, 0.29) is 6.10 Å². The zero-order valence-corrected chi connectivity index (χ0v) is 9.02. The number of aliphatic hydroxyl groups excluding tert-OH is 1. The van der Waals surface area contributed by atoms with E-state index in [1.165, 1.54) is 17.9 Å². The van der Waals surface area contributed by atoms with Gasteiger partial charge in [-0.2, -0.15) is 11.8 Å². The monoisotopic (exact) mass is 201 g/mol. The molecule has 0 aromatic carbocycles. The van der Waals surface area contributed by atoms with Crippen LogP contribution in [0.1, 0.15) is 26.2 Å². The van der Waals surface area contributed by atoms with Crippen molar-refractivity contribution in [2.24, 2.45) is 5.92 Å². The minimum atomic E-state index is -0.0854. The summed E-state index contributed by atoms with van der Waals surface area (Å²) in [7, 11) is 0. The van der Waals surface area contributed by atoms with Crippen LogP contribution >= 0.6 is 11.8 Å². The summed E-state index contributed by atoms with van der Waals surface area (Å²) in [4.78, 5) is 0. The third-order valence-corrected chi connectivity index (χ3v) is 4.63. The first-order valence-corrected chi connectivity index (χ1v) is 6.44. The van der Waals surface area contributed by atoms with Gasteiger partial charge in [0.05, 0.1) is 6.10 Å². The normalized spacial score (nSPS) is 45.7. The molecule has 1 saturated heterocycles. The number of nitrogens with one attached hydrogen (secondary N) is 1. The Kier molecular flexibility index (Phi) is 3.17. The molecular weight excluding hydrogens is 182 g/mol. The molecule has 13 heavy (non-hydrogen) atoms. The van der Waals surface area contributed by atoms with Crippen molar-refractivity contribution in [3.05, 3.63) is 0 Å². The van der Waals surface area contributed by atoms with Crippen LogP contribution in [0.15, 0.2) is 0 Å². The zero-order chi connectivity index (χ0) is 9.26. The fraction of sp³-hybridized carbons (Fsp3) is 1.00. The summed E-state index contributed by atoms with van der Waals surface area (Å²) in [5.74, 6) is 3.28. The molecule has 4 unspecified atom stereocenters. The first kappa shape index (κ1) is 9.81. The molecule has 0 spiro atoms. The third kappa shape index (κ3) is 2.20. The standard InChI is InChI=1S/C10H19NOS/c1-7-5-13-6-9(7)11-8-3-2-4-10(8)12/h7-12H,2-6H2,1H3. The van der Waals surface area contributed by atoms with Crippen molar-refractivity contribution >= 4 is 11.8 Å². The van der Waals surface area contributed by atoms with Gasteiger partial charge in [0, 0.05) is 17.8 Å². The predicted molar refractivity (Wildman–Crippen MR) is 57.1 cm³/mol. The highest BCUT2D eigenvalue weighted by molar-refractivity contribution is 7.99. The van der Waals surface area contributed by atoms with Crippen molar-refractivity contribution in [1.82, 2.24) is 5.32 Å². The fourth-order valence-electron chi connectivity index (χ4n) is 2.28. The molecule has 1 heterocycles. The highest BCUT2D eigenvalue weighted by atomic mass is 32.2. The Labute approximate surface area is 84.5 Å². The number of hydrogen-bond donors (Lipinski definition) is 2. The maximum atomic E-state index is 9.67. The van der Waals surface area contributed by atoms with E-state index in [9.17, 15) is 5.11 Å². The van der Waals surface area contributed by atoms with Crippen molar-refractivity contribution < 1.29 is 5.11 Å². The van der Waals surface area contributed by atoms with Gasteiger partial charge in [-0.25, -0.2) is 0 Å². The Morgan fingerprint density at radius 3 is 2.62 bits per heavy atom. The van der Waals surface area contributed by atoms with Gasteiger partial charge in [-0.05, 0) is 30.9 Å². The molecule has 1 aliphatic carbocycles. The zero-order valence-electron chi connectivity index (χ0n) is 8.20. The van der Waals surface area contributed by atoms with Gasteiger partial charge in [0.15, 0.2) is 0 Å². The van der Waals surface area contributed by atoms with Gasteiger partial charge in [0.2, 0.25) is 0 Å². The molecule has 0 aromatic heterocycles. The maximum Gasteiger partial charge on any atom is 0.0693 e. The highest BCUT2D eigenvalue weighted by Crippen LogP contribution is 2.26. The molecule has 0 bridgehead atoms. The molecular formula is C10H19NOS. The fourth-order valence-corrected chi connectivity index (χ4v) is 3.70. The average molecular weight is 201 g/mol. The summed E-state index contributed by atoms with van der Waals surface area (Å²) in [6.45, 7) is 2.30. The van der Waals surface area contributed by atoms with Crippen LogP contribution in [0.2, 0.25) is 0 Å². The number of aliphatic hydroxyl groups is 1. The van der Waals surface area contributed by atoms with E-state index in [2.05, 4.69) is 12.2 Å². The minimum Gasteiger partial charge on any atom is -0.392 e. The van der Waals surface area contributed by atoms with Gasteiger partial charge >= 0.3 is 0 Å². The summed E-state index contributed by atoms with van der Waals surface area (Å²) >= 11 is 2.03. The number of rotatable bonds is 2. The summed E-state index contributed by atoms with van der Waals surface area (Å²) in [5.41, 5.74) is 0. The van der Waals surface area contributed by atoms with Crippen molar-refractivity contribution in [1.29, 1.82) is 0 Å². The molecule has 76 valence electrons. The Morgan fingerprint density at radius 2 is 2.08 bits per heavy atom. The van der Waals surface area contributed by atoms with Crippen LogP contribution in [-0.4, -0.2) is 34.8 Å². The molecule has 1 aliphatic heterocycles. The van der Waals surface area contributed by atoms with Crippen LogP contribution in [0, 0.1) is 5.92 Å². The van der Waals surface area contributed by atoms with Gasteiger partial charge in [0.1, 0.15) is 0 Å². The molecule has 2 N–H and O–H groups in total. The largest absolute Gasteiger partial charge is 0.392 e. The van der Waals surface area contributed by atoms with Crippen LogP contribution in [-0.2, 0) is 0 Å². The second-order valence-corrected chi connectivity index (χ2v) is 5.47.